The van der Waals surface area contributed by atoms with Crippen LogP contribution in [-0.4, -0.2) is 14.5 Å². The largest absolute Gasteiger partial charge is 0.291 e. The highest BCUT2D eigenvalue weighted by Gasteiger charge is 2.21. The number of fused-ring (bicyclic) bond motifs is 7. The Morgan fingerprint density at radius 3 is 1.89 bits per heavy atom. The quantitative estimate of drug-likeness (QED) is 0.252. The van der Waals surface area contributed by atoms with Gasteiger partial charge in [0.25, 0.3) is 0 Å². The Morgan fingerprint density at radius 2 is 1.05 bits per heavy atom. The molecule has 37 heavy (non-hydrogen) atoms. The van der Waals surface area contributed by atoms with E-state index in [1.54, 1.807) is 0 Å². The minimum atomic E-state index is 0.845. The van der Waals surface area contributed by atoms with Gasteiger partial charge in [-0.1, -0.05) is 109 Å². The predicted octanol–water partition coefficient (Wildman–Crippen LogP) is 8.70. The van der Waals surface area contributed by atoms with Crippen molar-refractivity contribution in [2.75, 3.05) is 0 Å². The van der Waals surface area contributed by atoms with E-state index in [4.69, 9.17) is 9.97 Å². The van der Waals surface area contributed by atoms with Crippen LogP contribution in [0.2, 0.25) is 0 Å². The molecule has 2 aromatic heterocycles. The van der Waals surface area contributed by atoms with Crippen molar-refractivity contribution in [1.29, 1.82) is 0 Å². The van der Waals surface area contributed by atoms with Crippen LogP contribution in [0, 0.1) is 0 Å². The first kappa shape index (κ1) is 20.2. The molecule has 8 rings (SSSR count). The lowest BCUT2D eigenvalue weighted by atomic mass is 10.0. The van der Waals surface area contributed by atoms with Gasteiger partial charge in [0.05, 0.1) is 22.1 Å². The molecule has 0 radical (unpaired) electrons. The van der Waals surface area contributed by atoms with Gasteiger partial charge >= 0.3 is 0 Å². The number of nitrogens with zero attached hydrogens (tertiary/aromatic N) is 3. The van der Waals surface area contributed by atoms with Crippen LogP contribution in [0.1, 0.15) is 0 Å². The van der Waals surface area contributed by atoms with E-state index in [0.29, 0.717) is 0 Å². The molecule has 0 atom stereocenters. The van der Waals surface area contributed by atoms with E-state index in [2.05, 4.69) is 108 Å². The second kappa shape index (κ2) is 7.74. The normalized spacial score (nSPS) is 11.8. The maximum atomic E-state index is 5.31. The Balaban J connectivity index is 1.61. The third kappa shape index (κ3) is 2.95. The first-order valence-electron chi connectivity index (χ1n) is 12.5. The van der Waals surface area contributed by atoms with Crippen molar-refractivity contribution >= 4 is 54.4 Å². The van der Waals surface area contributed by atoms with Crippen molar-refractivity contribution in [2.24, 2.45) is 0 Å². The number of hydrogen-bond acceptors (Lipinski definition) is 2. The van der Waals surface area contributed by atoms with Crippen LogP contribution in [0.5, 0.6) is 0 Å². The number of hydrogen-bond donors (Lipinski definition) is 0. The van der Waals surface area contributed by atoms with Gasteiger partial charge < -0.3 is 0 Å². The average molecular weight is 472 g/mol. The first-order chi connectivity index (χ1) is 18.4. The third-order valence-corrected chi connectivity index (χ3v) is 7.37. The summed E-state index contributed by atoms with van der Waals surface area (Å²) in [4.78, 5) is 10.6. The molecule has 0 N–H and O–H groups in total. The minimum Gasteiger partial charge on any atom is -0.291 e. The lowest BCUT2D eigenvalue weighted by Gasteiger charge is -2.15. The molecule has 0 fully saturated rings. The van der Waals surface area contributed by atoms with Crippen molar-refractivity contribution in [2.45, 2.75) is 0 Å². The van der Waals surface area contributed by atoms with Crippen LogP contribution < -0.4 is 0 Å². The maximum Gasteiger partial charge on any atom is 0.165 e. The van der Waals surface area contributed by atoms with E-state index in [9.17, 15) is 0 Å². The van der Waals surface area contributed by atoms with Gasteiger partial charge in [0.15, 0.2) is 5.82 Å². The molecule has 2 heterocycles. The number of rotatable bonds is 2. The summed E-state index contributed by atoms with van der Waals surface area (Å²) in [7, 11) is 0. The Kier molecular flexibility index (Phi) is 4.23. The second-order valence-electron chi connectivity index (χ2n) is 9.45. The highest BCUT2D eigenvalue weighted by atomic mass is 15.1. The number of benzene rings is 6. The molecule has 172 valence electrons. The fourth-order valence-corrected chi connectivity index (χ4v) is 5.71. The summed E-state index contributed by atoms with van der Waals surface area (Å²) >= 11 is 0. The van der Waals surface area contributed by atoms with E-state index < -0.39 is 0 Å². The van der Waals surface area contributed by atoms with Crippen molar-refractivity contribution in [3.8, 4) is 17.1 Å². The van der Waals surface area contributed by atoms with Crippen molar-refractivity contribution in [3.05, 3.63) is 127 Å². The van der Waals surface area contributed by atoms with Crippen LogP contribution in [0.4, 0.5) is 0 Å². The Morgan fingerprint density at radius 1 is 0.432 bits per heavy atom. The molecule has 0 saturated heterocycles. The highest BCUT2D eigenvalue weighted by Crippen LogP contribution is 2.39. The zero-order valence-corrected chi connectivity index (χ0v) is 20.0. The Hall–Kier alpha value is -5.02. The Labute approximate surface area is 213 Å². The van der Waals surface area contributed by atoms with E-state index >= 15 is 0 Å². The van der Waals surface area contributed by atoms with Crippen LogP contribution >= 0.6 is 0 Å². The molecule has 0 bridgehead atoms. The summed E-state index contributed by atoms with van der Waals surface area (Å²) < 4.78 is 2.32. The van der Waals surface area contributed by atoms with E-state index in [0.717, 1.165) is 39.1 Å². The van der Waals surface area contributed by atoms with Crippen LogP contribution in [0.3, 0.4) is 0 Å². The minimum absolute atomic E-state index is 0.845. The molecule has 3 heteroatoms. The average Bonchev–Trinajstić information content (AvgIpc) is 3.31. The van der Waals surface area contributed by atoms with Gasteiger partial charge in [-0.25, -0.2) is 9.97 Å². The topological polar surface area (TPSA) is 30.7 Å². The molecule has 8 aromatic rings. The highest BCUT2D eigenvalue weighted by molar-refractivity contribution is 6.19. The fraction of sp³-hybridized carbons (Fsp3) is 0. The first-order valence-corrected chi connectivity index (χ1v) is 12.5. The van der Waals surface area contributed by atoms with E-state index in [1.807, 2.05) is 24.3 Å². The van der Waals surface area contributed by atoms with Crippen molar-refractivity contribution < 1.29 is 0 Å². The maximum absolute atomic E-state index is 5.31. The molecular formula is C34H21N3. The smallest absolute Gasteiger partial charge is 0.165 e. The second-order valence-corrected chi connectivity index (χ2v) is 9.45. The molecule has 0 amide bonds. The van der Waals surface area contributed by atoms with Gasteiger partial charge in [0, 0.05) is 21.7 Å². The SMILES string of the molecule is c1ccc2c(-c3nc4ccccc4nc3-n3c4ccccc4c4ccc5ccccc5c43)cccc2c1. The summed E-state index contributed by atoms with van der Waals surface area (Å²) in [6, 6.07) is 44.7. The summed E-state index contributed by atoms with van der Waals surface area (Å²) in [5.41, 5.74) is 6.02. The molecule has 6 aromatic carbocycles. The summed E-state index contributed by atoms with van der Waals surface area (Å²) in [6.45, 7) is 0. The summed E-state index contributed by atoms with van der Waals surface area (Å²) in [5.74, 6) is 0.845. The van der Waals surface area contributed by atoms with Gasteiger partial charge in [-0.2, -0.15) is 0 Å². The lowest BCUT2D eigenvalue weighted by Crippen LogP contribution is -2.04. The lowest BCUT2D eigenvalue weighted by molar-refractivity contribution is 1.08. The molecule has 3 nitrogen and oxygen atoms in total. The Bertz CT molecular complexity index is 2150. The van der Waals surface area contributed by atoms with Gasteiger partial charge in [-0.3, -0.25) is 4.57 Å². The summed E-state index contributed by atoms with van der Waals surface area (Å²) in [6.07, 6.45) is 0. The predicted molar refractivity (Wildman–Crippen MR) is 154 cm³/mol. The van der Waals surface area contributed by atoms with Gasteiger partial charge in [0.2, 0.25) is 0 Å². The molecule has 0 aliphatic rings. The van der Waals surface area contributed by atoms with Gasteiger partial charge in [-0.15, -0.1) is 0 Å². The number of para-hydroxylation sites is 3. The van der Waals surface area contributed by atoms with Crippen molar-refractivity contribution in [3.63, 3.8) is 0 Å². The van der Waals surface area contributed by atoms with Gasteiger partial charge in [-0.05, 0) is 34.4 Å². The number of aromatic nitrogens is 3. The van der Waals surface area contributed by atoms with E-state index in [1.165, 1.54) is 32.3 Å². The summed E-state index contributed by atoms with van der Waals surface area (Å²) in [5, 5.41) is 7.19. The molecule has 0 saturated carbocycles. The monoisotopic (exact) mass is 471 g/mol. The molecule has 0 aliphatic heterocycles. The van der Waals surface area contributed by atoms with Crippen molar-refractivity contribution in [1.82, 2.24) is 14.5 Å². The fourth-order valence-electron chi connectivity index (χ4n) is 5.71. The third-order valence-electron chi connectivity index (χ3n) is 7.37. The molecular weight excluding hydrogens is 450 g/mol. The molecule has 0 aliphatic carbocycles. The molecule has 0 spiro atoms. The van der Waals surface area contributed by atoms with Gasteiger partial charge in [0.1, 0.15) is 5.69 Å². The molecule has 0 unspecified atom stereocenters. The van der Waals surface area contributed by atoms with Crippen LogP contribution in [0.25, 0.3) is 71.5 Å². The standard InChI is InChI=1S/C34H21N3/c1-3-13-24-22(10-1)12-9-16-27(24)32-34(36-30-18-7-6-17-29(30)35-32)37-31-19-8-5-15-26(31)28-21-20-23-11-2-4-14-25(23)33(28)37/h1-21H. The van der Waals surface area contributed by atoms with Crippen LogP contribution in [0.15, 0.2) is 127 Å². The zero-order valence-electron chi connectivity index (χ0n) is 20.0. The van der Waals surface area contributed by atoms with E-state index in [-0.39, 0.29) is 0 Å². The van der Waals surface area contributed by atoms with Crippen LogP contribution in [-0.2, 0) is 0 Å². The zero-order chi connectivity index (χ0) is 24.3.